The highest BCUT2D eigenvalue weighted by Gasteiger charge is 2.38. The number of alkyl halides is 3. The first-order valence-electron chi connectivity index (χ1n) is 9.45. The van der Waals surface area contributed by atoms with Gasteiger partial charge in [-0.1, -0.05) is 0 Å². The van der Waals surface area contributed by atoms with E-state index in [9.17, 15) is 13.2 Å². The number of carboxylic acid groups (broad SMARTS) is 1. The summed E-state index contributed by atoms with van der Waals surface area (Å²) in [5.74, 6) is -2.76. The summed E-state index contributed by atoms with van der Waals surface area (Å²) < 4.78 is 35.2. The molecule has 3 N–H and O–H groups in total. The molecule has 4 heterocycles. The zero-order valence-electron chi connectivity index (χ0n) is 17.3. The van der Waals surface area contributed by atoms with Crippen LogP contribution in [0.3, 0.4) is 0 Å². The number of nitrogen functional groups attached to an aromatic ring is 1. The van der Waals surface area contributed by atoms with Gasteiger partial charge in [0.25, 0.3) is 0 Å². The maximum atomic E-state index is 10.6. The first-order chi connectivity index (χ1) is 16.1. The van der Waals surface area contributed by atoms with E-state index in [-0.39, 0.29) is 0 Å². The molecule has 0 aliphatic heterocycles. The Morgan fingerprint density at radius 2 is 1.88 bits per heavy atom. The van der Waals surface area contributed by atoms with Crippen molar-refractivity contribution in [1.29, 1.82) is 0 Å². The molecule has 0 fully saturated rings. The summed E-state index contributed by atoms with van der Waals surface area (Å²) in [6, 6.07) is 11.7. The highest BCUT2D eigenvalue weighted by Crippen LogP contribution is 2.29. The molecule has 0 atom stereocenters. The molecule has 5 aromatic rings. The molecular weight excluding hydrogens is 473 g/mol. The van der Waals surface area contributed by atoms with E-state index in [0.29, 0.717) is 16.5 Å². The van der Waals surface area contributed by atoms with Crippen molar-refractivity contribution in [2.75, 3.05) is 5.73 Å². The third-order valence-electron chi connectivity index (χ3n) is 4.36. The molecule has 0 spiro atoms. The van der Waals surface area contributed by atoms with Crippen LogP contribution in [0.2, 0.25) is 0 Å². The Kier molecular flexibility index (Phi) is 6.06. The maximum Gasteiger partial charge on any atom is 0.490 e. The number of aromatic nitrogens is 7. The Labute approximate surface area is 193 Å². The fraction of sp³-hybridized carbons (Fsp3) is 0.100. The van der Waals surface area contributed by atoms with E-state index in [1.807, 2.05) is 49.6 Å². The van der Waals surface area contributed by atoms with Crippen molar-refractivity contribution in [1.82, 2.24) is 34.6 Å². The molecule has 0 aliphatic rings. The second kappa shape index (κ2) is 8.97. The summed E-state index contributed by atoms with van der Waals surface area (Å²) >= 11 is 1.49. The number of nitrogens with two attached hydrogens (primary N) is 1. The number of carboxylic acids is 1. The molecule has 14 heteroatoms. The van der Waals surface area contributed by atoms with Crippen molar-refractivity contribution >= 4 is 40.0 Å². The molecule has 0 bridgehead atoms. The smallest absolute Gasteiger partial charge is 0.475 e. The van der Waals surface area contributed by atoms with Crippen molar-refractivity contribution in [3.63, 3.8) is 0 Å². The van der Waals surface area contributed by atoms with Crippen LogP contribution in [0.4, 0.5) is 18.9 Å². The predicted molar refractivity (Wildman–Crippen MR) is 117 cm³/mol. The minimum absolute atomic E-state index is 0.639. The molecule has 0 radical (unpaired) electrons. The lowest BCUT2D eigenvalue weighted by Crippen LogP contribution is -2.21. The minimum atomic E-state index is -5.08. The number of anilines is 1. The van der Waals surface area contributed by atoms with Crippen LogP contribution in [-0.2, 0) is 11.8 Å². The van der Waals surface area contributed by atoms with E-state index in [0.717, 1.165) is 27.1 Å². The number of aryl methyl sites for hydroxylation is 1. The summed E-state index contributed by atoms with van der Waals surface area (Å²) in [5, 5.41) is 26.2. The van der Waals surface area contributed by atoms with Gasteiger partial charge < -0.3 is 10.8 Å². The van der Waals surface area contributed by atoms with Gasteiger partial charge in [-0.2, -0.15) is 27.9 Å². The summed E-state index contributed by atoms with van der Waals surface area (Å²) in [6.45, 7) is 0. The van der Waals surface area contributed by atoms with E-state index in [4.69, 9.17) is 15.6 Å². The monoisotopic (exact) mass is 488 g/mol. The summed E-state index contributed by atoms with van der Waals surface area (Å²) in [6.07, 6.45) is 0.281. The Morgan fingerprint density at radius 1 is 1.12 bits per heavy atom. The molecule has 0 unspecified atom stereocenters. The molecule has 0 saturated heterocycles. The standard InChI is InChI=1S/C18H14N8S.C2HF3O2/c1-25-10-12(8-21-25)16-4-5-17-22-23-18(26(17)24-16)27-14-2-3-15-11(7-14)6-13(19)9-20-15;3-2(4,5)1(6)7/h2-10H,19H2,1H3;(H,6,7). The molecule has 0 amide bonds. The number of benzene rings is 1. The second-order valence-electron chi connectivity index (χ2n) is 6.90. The highest BCUT2D eigenvalue weighted by atomic mass is 32.2. The van der Waals surface area contributed by atoms with E-state index in [1.54, 1.807) is 21.6 Å². The van der Waals surface area contributed by atoms with E-state index < -0.39 is 12.1 Å². The highest BCUT2D eigenvalue weighted by molar-refractivity contribution is 7.99. The van der Waals surface area contributed by atoms with Crippen LogP contribution in [0.15, 0.2) is 65.0 Å². The van der Waals surface area contributed by atoms with Crippen LogP contribution in [0.1, 0.15) is 0 Å². The van der Waals surface area contributed by atoms with Crippen molar-refractivity contribution in [3.05, 3.63) is 55.0 Å². The third-order valence-corrected chi connectivity index (χ3v) is 5.29. The number of nitrogens with zero attached hydrogens (tertiary/aromatic N) is 7. The van der Waals surface area contributed by atoms with Gasteiger partial charge in [-0.15, -0.1) is 10.2 Å². The van der Waals surface area contributed by atoms with Gasteiger partial charge in [0.05, 0.1) is 29.3 Å². The SMILES string of the molecule is Cn1cc(-c2ccc3nnc(Sc4ccc5ncc(N)cc5c4)n3n2)cn1.O=C(O)C(F)(F)F. The van der Waals surface area contributed by atoms with Crippen molar-refractivity contribution in [2.45, 2.75) is 16.2 Å². The molecule has 4 aromatic heterocycles. The lowest BCUT2D eigenvalue weighted by atomic mass is 10.2. The maximum absolute atomic E-state index is 10.6. The van der Waals surface area contributed by atoms with Gasteiger partial charge in [0.2, 0.25) is 5.16 Å². The quantitative estimate of drug-likeness (QED) is 0.391. The van der Waals surface area contributed by atoms with Gasteiger partial charge in [-0.05, 0) is 48.2 Å². The summed E-state index contributed by atoms with van der Waals surface area (Å²) in [5.41, 5.74) is 9.83. The Morgan fingerprint density at radius 3 is 2.56 bits per heavy atom. The van der Waals surface area contributed by atoms with Crippen LogP contribution in [0.5, 0.6) is 0 Å². The van der Waals surface area contributed by atoms with Gasteiger partial charge >= 0.3 is 12.1 Å². The molecule has 0 saturated carbocycles. The minimum Gasteiger partial charge on any atom is -0.475 e. The average molecular weight is 488 g/mol. The third kappa shape index (κ3) is 5.06. The summed E-state index contributed by atoms with van der Waals surface area (Å²) in [7, 11) is 1.88. The topological polar surface area (TPSA) is 137 Å². The molecule has 34 heavy (non-hydrogen) atoms. The van der Waals surface area contributed by atoms with E-state index in [1.165, 1.54) is 11.8 Å². The van der Waals surface area contributed by atoms with Gasteiger partial charge in [0, 0.05) is 29.1 Å². The summed E-state index contributed by atoms with van der Waals surface area (Å²) in [4.78, 5) is 14.2. The number of pyridine rings is 1. The Balaban J connectivity index is 0.000000344. The molecule has 5 rings (SSSR count). The zero-order chi connectivity index (χ0) is 24.5. The van der Waals surface area contributed by atoms with Crippen LogP contribution in [-0.4, -0.2) is 51.8 Å². The largest absolute Gasteiger partial charge is 0.490 e. The second-order valence-corrected chi connectivity index (χ2v) is 7.94. The van der Waals surface area contributed by atoms with Gasteiger partial charge in [-0.25, -0.2) is 4.79 Å². The fourth-order valence-corrected chi connectivity index (χ4v) is 3.67. The number of halogens is 3. The predicted octanol–water partition coefficient (Wildman–Crippen LogP) is 3.44. The van der Waals surface area contributed by atoms with Gasteiger partial charge in [-0.3, -0.25) is 9.67 Å². The number of fused-ring (bicyclic) bond motifs is 2. The van der Waals surface area contributed by atoms with Crippen molar-refractivity contribution in [2.24, 2.45) is 7.05 Å². The lowest BCUT2D eigenvalue weighted by molar-refractivity contribution is -0.192. The Hall–Kier alpha value is -4.20. The number of hydrogen-bond donors (Lipinski definition) is 2. The lowest BCUT2D eigenvalue weighted by Gasteiger charge is -2.04. The number of rotatable bonds is 3. The van der Waals surface area contributed by atoms with Gasteiger partial charge in [0.1, 0.15) is 0 Å². The fourth-order valence-electron chi connectivity index (χ4n) is 2.84. The number of aliphatic carboxylic acids is 1. The van der Waals surface area contributed by atoms with Crippen LogP contribution in [0, 0.1) is 0 Å². The Bertz CT molecular complexity index is 1500. The number of carbonyl (C=O) groups is 1. The average Bonchev–Trinajstić information content (AvgIpc) is 3.39. The first-order valence-corrected chi connectivity index (χ1v) is 10.3. The zero-order valence-corrected chi connectivity index (χ0v) is 18.1. The molecule has 0 aliphatic carbocycles. The van der Waals surface area contributed by atoms with Crippen molar-refractivity contribution < 1.29 is 23.1 Å². The normalized spacial score (nSPS) is 11.4. The first kappa shape index (κ1) is 23.0. The van der Waals surface area contributed by atoms with Crippen LogP contribution < -0.4 is 5.73 Å². The van der Waals surface area contributed by atoms with Crippen molar-refractivity contribution in [3.8, 4) is 11.3 Å². The molecule has 10 nitrogen and oxygen atoms in total. The van der Waals surface area contributed by atoms with E-state index >= 15 is 0 Å². The molecule has 1 aromatic carbocycles. The van der Waals surface area contributed by atoms with Crippen LogP contribution >= 0.6 is 11.8 Å². The molecule has 174 valence electrons. The van der Waals surface area contributed by atoms with E-state index in [2.05, 4.69) is 25.4 Å². The number of hydrogen-bond acceptors (Lipinski definition) is 8. The van der Waals surface area contributed by atoms with Gasteiger partial charge in [0.15, 0.2) is 5.65 Å². The van der Waals surface area contributed by atoms with Crippen LogP contribution in [0.25, 0.3) is 27.8 Å². The molecular formula is C20H15F3N8O2S.